The van der Waals surface area contributed by atoms with E-state index in [0.717, 1.165) is 24.7 Å². The van der Waals surface area contributed by atoms with Gasteiger partial charge in [0.1, 0.15) is 17.7 Å². The molecule has 84 valence electrons. The van der Waals surface area contributed by atoms with Crippen molar-refractivity contribution < 1.29 is 0 Å². The van der Waals surface area contributed by atoms with Gasteiger partial charge in [-0.15, -0.1) is 0 Å². The molecule has 17 heavy (non-hydrogen) atoms. The smallest absolute Gasteiger partial charge is 0.146 e. The van der Waals surface area contributed by atoms with Crippen LogP contribution in [0.3, 0.4) is 0 Å². The molecule has 0 fully saturated rings. The summed E-state index contributed by atoms with van der Waals surface area (Å²) in [7, 11) is 0. The highest BCUT2D eigenvalue weighted by Gasteiger charge is 2.19. The summed E-state index contributed by atoms with van der Waals surface area (Å²) in [6.45, 7) is 2.45. The largest absolute Gasteiger partial charge is 0.346 e. The predicted octanol–water partition coefficient (Wildman–Crippen LogP) is 1.17. The Morgan fingerprint density at radius 1 is 1.24 bits per heavy atom. The number of anilines is 1. The number of fused-ring (bicyclic) bond motifs is 1. The second kappa shape index (κ2) is 3.91. The van der Waals surface area contributed by atoms with Crippen LogP contribution < -0.4 is 4.90 Å². The number of imidazole rings is 1. The molecule has 5 heteroatoms. The standard InChI is InChI=1S/C12H11N5/c13-8-10-2-1-3-15-12(10)17-7-6-16-5-4-14-11(16)9-17/h1-5H,6-7,9H2. The van der Waals surface area contributed by atoms with Crippen molar-refractivity contribution in [3.8, 4) is 6.07 Å². The van der Waals surface area contributed by atoms with Gasteiger partial charge in [0.15, 0.2) is 0 Å². The topological polar surface area (TPSA) is 57.7 Å². The zero-order chi connectivity index (χ0) is 11.7. The highest BCUT2D eigenvalue weighted by Crippen LogP contribution is 2.21. The van der Waals surface area contributed by atoms with Crippen LogP contribution >= 0.6 is 0 Å². The number of nitriles is 1. The van der Waals surface area contributed by atoms with Crippen LogP contribution in [0.4, 0.5) is 5.82 Å². The van der Waals surface area contributed by atoms with E-state index in [2.05, 4.69) is 25.5 Å². The molecular weight excluding hydrogens is 214 g/mol. The van der Waals surface area contributed by atoms with Crippen molar-refractivity contribution in [2.75, 3.05) is 11.4 Å². The van der Waals surface area contributed by atoms with Gasteiger partial charge in [0.05, 0.1) is 12.1 Å². The fourth-order valence-corrected chi connectivity index (χ4v) is 2.09. The van der Waals surface area contributed by atoms with E-state index < -0.39 is 0 Å². The first-order chi connectivity index (χ1) is 8.38. The maximum absolute atomic E-state index is 9.07. The molecule has 1 aliphatic rings. The minimum absolute atomic E-state index is 0.618. The molecule has 3 heterocycles. The zero-order valence-corrected chi connectivity index (χ0v) is 9.24. The fourth-order valence-electron chi connectivity index (χ4n) is 2.09. The number of rotatable bonds is 1. The van der Waals surface area contributed by atoms with E-state index in [-0.39, 0.29) is 0 Å². The molecule has 0 aromatic carbocycles. The Hall–Kier alpha value is -2.35. The summed E-state index contributed by atoms with van der Waals surface area (Å²) < 4.78 is 2.13. The minimum atomic E-state index is 0.618. The number of hydrogen-bond donors (Lipinski definition) is 0. The SMILES string of the molecule is N#Cc1cccnc1N1CCn2ccnc2C1. The Kier molecular flexibility index (Phi) is 2.26. The first-order valence-electron chi connectivity index (χ1n) is 5.48. The fraction of sp³-hybridized carbons (Fsp3) is 0.250. The summed E-state index contributed by atoms with van der Waals surface area (Å²) in [6.07, 6.45) is 5.51. The van der Waals surface area contributed by atoms with Crippen LogP contribution in [-0.2, 0) is 13.1 Å². The van der Waals surface area contributed by atoms with Crippen LogP contribution in [0.5, 0.6) is 0 Å². The third-order valence-corrected chi connectivity index (χ3v) is 2.95. The van der Waals surface area contributed by atoms with Gasteiger partial charge in [-0.25, -0.2) is 9.97 Å². The van der Waals surface area contributed by atoms with Crippen LogP contribution in [0.1, 0.15) is 11.4 Å². The van der Waals surface area contributed by atoms with Crippen molar-refractivity contribution in [2.45, 2.75) is 13.1 Å². The number of aromatic nitrogens is 3. The van der Waals surface area contributed by atoms with Gasteiger partial charge >= 0.3 is 0 Å². The first-order valence-corrected chi connectivity index (χ1v) is 5.48. The normalized spacial score (nSPS) is 14.2. The van der Waals surface area contributed by atoms with E-state index >= 15 is 0 Å². The molecule has 0 amide bonds. The highest BCUT2D eigenvalue weighted by atomic mass is 15.3. The number of nitrogens with zero attached hydrogens (tertiary/aromatic N) is 5. The molecule has 3 rings (SSSR count). The molecule has 0 aliphatic carbocycles. The van der Waals surface area contributed by atoms with Gasteiger partial charge in [-0.2, -0.15) is 5.26 Å². The molecule has 0 N–H and O–H groups in total. The number of pyridine rings is 1. The molecule has 0 saturated heterocycles. The van der Waals surface area contributed by atoms with E-state index in [1.165, 1.54) is 0 Å². The van der Waals surface area contributed by atoms with E-state index in [1.54, 1.807) is 18.3 Å². The molecule has 0 atom stereocenters. The second-order valence-electron chi connectivity index (χ2n) is 3.94. The molecular formula is C12H11N5. The van der Waals surface area contributed by atoms with Gasteiger partial charge in [-0.1, -0.05) is 0 Å². The maximum atomic E-state index is 9.07. The minimum Gasteiger partial charge on any atom is -0.346 e. The van der Waals surface area contributed by atoms with Crippen molar-refractivity contribution in [3.63, 3.8) is 0 Å². The third kappa shape index (κ3) is 1.64. The monoisotopic (exact) mass is 225 g/mol. The lowest BCUT2D eigenvalue weighted by Crippen LogP contribution is -2.34. The second-order valence-corrected chi connectivity index (χ2v) is 3.94. The lowest BCUT2D eigenvalue weighted by atomic mass is 10.2. The van der Waals surface area contributed by atoms with E-state index in [0.29, 0.717) is 12.1 Å². The molecule has 0 spiro atoms. The zero-order valence-electron chi connectivity index (χ0n) is 9.24. The third-order valence-electron chi connectivity index (χ3n) is 2.95. The summed E-state index contributed by atoms with van der Waals surface area (Å²) in [4.78, 5) is 10.7. The summed E-state index contributed by atoms with van der Waals surface area (Å²) in [5.41, 5.74) is 0.618. The lowest BCUT2D eigenvalue weighted by molar-refractivity contribution is 0.556. The Morgan fingerprint density at radius 3 is 3.06 bits per heavy atom. The van der Waals surface area contributed by atoms with Crippen LogP contribution in [0.15, 0.2) is 30.7 Å². The van der Waals surface area contributed by atoms with Crippen molar-refractivity contribution in [2.24, 2.45) is 0 Å². The van der Waals surface area contributed by atoms with Gasteiger partial charge in [-0.3, -0.25) is 0 Å². The van der Waals surface area contributed by atoms with Crippen molar-refractivity contribution >= 4 is 5.82 Å². The summed E-state index contributed by atoms with van der Waals surface area (Å²) >= 11 is 0. The summed E-state index contributed by atoms with van der Waals surface area (Å²) in [6, 6.07) is 5.76. The van der Waals surface area contributed by atoms with Gasteiger partial charge in [0.2, 0.25) is 0 Å². The van der Waals surface area contributed by atoms with Gasteiger partial charge < -0.3 is 9.47 Å². The molecule has 2 aromatic heterocycles. The number of hydrogen-bond acceptors (Lipinski definition) is 4. The van der Waals surface area contributed by atoms with Crippen molar-refractivity contribution in [1.29, 1.82) is 5.26 Å². The average Bonchev–Trinajstić information content (AvgIpc) is 2.85. The Balaban J connectivity index is 1.95. The molecule has 0 radical (unpaired) electrons. The van der Waals surface area contributed by atoms with E-state index in [4.69, 9.17) is 5.26 Å². The van der Waals surface area contributed by atoms with Gasteiger partial charge in [-0.05, 0) is 12.1 Å². The van der Waals surface area contributed by atoms with E-state index in [9.17, 15) is 0 Å². The van der Waals surface area contributed by atoms with Crippen LogP contribution in [0.25, 0.3) is 0 Å². The maximum Gasteiger partial charge on any atom is 0.146 e. The van der Waals surface area contributed by atoms with Crippen molar-refractivity contribution in [1.82, 2.24) is 14.5 Å². The summed E-state index contributed by atoms with van der Waals surface area (Å²) in [5.74, 6) is 1.77. The Morgan fingerprint density at radius 2 is 2.18 bits per heavy atom. The van der Waals surface area contributed by atoms with E-state index in [1.807, 2.05) is 12.4 Å². The van der Waals surface area contributed by atoms with Crippen LogP contribution in [0, 0.1) is 11.3 Å². The van der Waals surface area contributed by atoms with Crippen LogP contribution in [0.2, 0.25) is 0 Å². The highest BCUT2D eigenvalue weighted by molar-refractivity contribution is 5.53. The molecule has 2 aromatic rings. The predicted molar refractivity (Wildman–Crippen MR) is 62.2 cm³/mol. The molecule has 0 unspecified atom stereocenters. The Bertz CT molecular complexity index is 581. The molecule has 5 nitrogen and oxygen atoms in total. The Labute approximate surface area is 99.0 Å². The quantitative estimate of drug-likeness (QED) is 0.731. The van der Waals surface area contributed by atoms with Gasteiger partial charge in [0.25, 0.3) is 0 Å². The molecule has 0 bridgehead atoms. The van der Waals surface area contributed by atoms with Crippen LogP contribution in [-0.4, -0.2) is 21.1 Å². The van der Waals surface area contributed by atoms with Gasteiger partial charge in [0, 0.05) is 31.7 Å². The van der Waals surface area contributed by atoms with Crippen molar-refractivity contribution in [3.05, 3.63) is 42.1 Å². The molecule has 0 saturated carbocycles. The lowest BCUT2D eigenvalue weighted by Gasteiger charge is -2.29. The molecule has 1 aliphatic heterocycles. The summed E-state index contributed by atoms with van der Waals surface area (Å²) in [5, 5.41) is 9.07. The average molecular weight is 225 g/mol. The first kappa shape index (κ1) is 9.85.